The van der Waals surface area contributed by atoms with Gasteiger partial charge in [0.05, 0.1) is 10.4 Å². The Bertz CT molecular complexity index is 621. The van der Waals surface area contributed by atoms with Crippen molar-refractivity contribution in [2.24, 2.45) is 0 Å². The number of alkyl halides is 3. The van der Waals surface area contributed by atoms with Gasteiger partial charge >= 0.3 is 6.18 Å². The second-order valence-corrected chi connectivity index (χ2v) is 5.90. The third-order valence-electron chi connectivity index (χ3n) is 3.06. The SMILES string of the molecule is Cc1cc(C(=O)Cc2cccc(C(F)(F)F)c2)sc1C. The maximum atomic E-state index is 12.6. The minimum Gasteiger partial charge on any atom is -0.293 e. The van der Waals surface area contributed by atoms with Gasteiger partial charge in [-0.05, 0) is 37.1 Å². The molecule has 1 aromatic heterocycles. The van der Waals surface area contributed by atoms with Gasteiger partial charge in [0.2, 0.25) is 0 Å². The molecule has 2 aromatic rings. The van der Waals surface area contributed by atoms with E-state index in [0.717, 1.165) is 22.6 Å². The summed E-state index contributed by atoms with van der Waals surface area (Å²) in [4.78, 5) is 13.7. The maximum absolute atomic E-state index is 12.6. The van der Waals surface area contributed by atoms with Crippen LogP contribution in [0.3, 0.4) is 0 Å². The topological polar surface area (TPSA) is 17.1 Å². The lowest BCUT2D eigenvalue weighted by Gasteiger charge is -2.08. The summed E-state index contributed by atoms with van der Waals surface area (Å²) in [5, 5.41) is 0. The first-order valence-electron chi connectivity index (χ1n) is 6.04. The first-order valence-corrected chi connectivity index (χ1v) is 6.85. The minimum absolute atomic E-state index is 0.0106. The van der Waals surface area contributed by atoms with E-state index in [1.807, 2.05) is 13.8 Å². The molecule has 0 amide bonds. The fourth-order valence-electron chi connectivity index (χ4n) is 1.84. The average molecular weight is 298 g/mol. The van der Waals surface area contributed by atoms with Crippen LogP contribution < -0.4 is 0 Å². The van der Waals surface area contributed by atoms with E-state index in [1.54, 1.807) is 12.1 Å². The molecule has 0 unspecified atom stereocenters. The van der Waals surface area contributed by atoms with E-state index < -0.39 is 11.7 Å². The van der Waals surface area contributed by atoms with Gasteiger partial charge in [-0.25, -0.2) is 0 Å². The largest absolute Gasteiger partial charge is 0.416 e. The third kappa shape index (κ3) is 3.28. The molecule has 20 heavy (non-hydrogen) atoms. The van der Waals surface area contributed by atoms with Crippen LogP contribution in [0, 0.1) is 13.8 Å². The number of benzene rings is 1. The fraction of sp³-hybridized carbons (Fsp3) is 0.267. The van der Waals surface area contributed by atoms with Crippen LogP contribution in [0.5, 0.6) is 0 Å². The van der Waals surface area contributed by atoms with Gasteiger partial charge in [0, 0.05) is 11.3 Å². The molecule has 0 spiro atoms. The molecule has 2 rings (SSSR count). The number of halogens is 3. The van der Waals surface area contributed by atoms with Gasteiger partial charge in [0.1, 0.15) is 0 Å². The van der Waals surface area contributed by atoms with Gasteiger partial charge in [-0.1, -0.05) is 18.2 Å². The number of Topliss-reactive ketones (excluding diaryl/α,β-unsaturated/α-hetero) is 1. The summed E-state index contributed by atoms with van der Waals surface area (Å²) in [5.41, 5.74) is 0.692. The number of ketones is 1. The summed E-state index contributed by atoms with van der Waals surface area (Å²) in [5.74, 6) is -0.148. The number of thiophene rings is 1. The monoisotopic (exact) mass is 298 g/mol. The van der Waals surface area contributed by atoms with E-state index in [0.29, 0.717) is 10.4 Å². The number of hydrogen-bond acceptors (Lipinski definition) is 2. The van der Waals surface area contributed by atoms with Crippen LogP contribution in [0.4, 0.5) is 13.2 Å². The highest BCUT2D eigenvalue weighted by Gasteiger charge is 2.30. The number of carbonyl (C=O) groups excluding carboxylic acids is 1. The molecule has 0 atom stereocenters. The van der Waals surface area contributed by atoms with Crippen LogP contribution in [-0.2, 0) is 12.6 Å². The zero-order valence-corrected chi connectivity index (χ0v) is 11.9. The van der Waals surface area contributed by atoms with Crippen molar-refractivity contribution < 1.29 is 18.0 Å². The molecule has 0 radical (unpaired) electrons. The Morgan fingerprint density at radius 2 is 1.90 bits per heavy atom. The minimum atomic E-state index is -4.38. The van der Waals surface area contributed by atoms with Crippen LogP contribution >= 0.6 is 11.3 Å². The van der Waals surface area contributed by atoms with Crippen LogP contribution in [0.1, 0.15) is 31.2 Å². The summed E-state index contributed by atoms with van der Waals surface area (Å²) in [7, 11) is 0. The molecule has 0 aliphatic heterocycles. The van der Waals surface area contributed by atoms with Crippen LogP contribution in [0.2, 0.25) is 0 Å². The first-order chi connectivity index (χ1) is 9.27. The van der Waals surface area contributed by atoms with Crippen LogP contribution in [-0.4, -0.2) is 5.78 Å². The number of aryl methyl sites for hydroxylation is 2. The van der Waals surface area contributed by atoms with E-state index >= 15 is 0 Å². The van der Waals surface area contributed by atoms with Gasteiger partial charge < -0.3 is 0 Å². The lowest BCUT2D eigenvalue weighted by atomic mass is 10.0. The van der Waals surface area contributed by atoms with Crippen molar-refractivity contribution in [2.45, 2.75) is 26.4 Å². The smallest absolute Gasteiger partial charge is 0.293 e. The predicted octanol–water partition coefficient (Wildman–Crippen LogP) is 4.81. The highest BCUT2D eigenvalue weighted by molar-refractivity contribution is 7.14. The zero-order chi connectivity index (χ0) is 14.9. The van der Waals surface area contributed by atoms with Gasteiger partial charge in [0.25, 0.3) is 0 Å². The van der Waals surface area contributed by atoms with Crippen LogP contribution in [0.25, 0.3) is 0 Å². The third-order valence-corrected chi connectivity index (χ3v) is 4.25. The fourth-order valence-corrected chi connectivity index (χ4v) is 2.81. The molecule has 0 N–H and O–H groups in total. The van der Waals surface area contributed by atoms with Crippen molar-refractivity contribution in [3.8, 4) is 0 Å². The molecule has 1 nitrogen and oxygen atoms in total. The quantitative estimate of drug-likeness (QED) is 0.743. The molecule has 0 saturated heterocycles. The lowest BCUT2D eigenvalue weighted by molar-refractivity contribution is -0.137. The molecule has 1 heterocycles. The molecular formula is C15H13F3OS. The van der Waals surface area contributed by atoms with Crippen molar-refractivity contribution in [2.75, 3.05) is 0 Å². The highest BCUT2D eigenvalue weighted by atomic mass is 32.1. The molecule has 5 heteroatoms. The molecule has 1 aromatic carbocycles. The van der Waals surface area contributed by atoms with Gasteiger partial charge in [-0.15, -0.1) is 11.3 Å². The number of carbonyl (C=O) groups is 1. The van der Waals surface area contributed by atoms with Crippen molar-refractivity contribution in [1.82, 2.24) is 0 Å². The molecule has 0 bridgehead atoms. The number of rotatable bonds is 3. The van der Waals surface area contributed by atoms with E-state index in [2.05, 4.69) is 0 Å². The van der Waals surface area contributed by atoms with Crippen molar-refractivity contribution in [3.63, 3.8) is 0 Å². The molecule has 0 aliphatic rings. The standard InChI is InChI=1S/C15H13F3OS/c1-9-6-14(20-10(9)2)13(19)8-11-4-3-5-12(7-11)15(16,17)18/h3-7H,8H2,1-2H3. The zero-order valence-electron chi connectivity index (χ0n) is 11.0. The Morgan fingerprint density at radius 1 is 1.20 bits per heavy atom. The summed E-state index contributed by atoms with van der Waals surface area (Å²) in [6, 6.07) is 6.70. The van der Waals surface area contributed by atoms with E-state index in [9.17, 15) is 18.0 Å². The Hall–Kier alpha value is -1.62. The van der Waals surface area contributed by atoms with Gasteiger partial charge in [-0.3, -0.25) is 4.79 Å². The van der Waals surface area contributed by atoms with Gasteiger partial charge in [-0.2, -0.15) is 13.2 Å². The van der Waals surface area contributed by atoms with Crippen molar-refractivity contribution in [1.29, 1.82) is 0 Å². The highest BCUT2D eigenvalue weighted by Crippen LogP contribution is 2.30. The molecule has 0 aliphatic carbocycles. The second kappa shape index (κ2) is 5.40. The maximum Gasteiger partial charge on any atom is 0.416 e. The Balaban J connectivity index is 2.20. The Morgan fingerprint density at radius 3 is 2.45 bits per heavy atom. The Kier molecular flexibility index (Phi) is 3.99. The van der Waals surface area contributed by atoms with Crippen molar-refractivity contribution >= 4 is 17.1 Å². The van der Waals surface area contributed by atoms with Crippen molar-refractivity contribution in [3.05, 3.63) is 56.8 Å². The number of hydrogen-bond donors (Lipinski definition) is 0. The van der Waals surface area contributed by atoms with E-state index in [1.165, 1.54) is 17.4 Å². The molecular weight excluding hydrogens is 285 g/mol. The summed E-state index contributed by atoms with van der Waals surface area (Å²) < 4.78 is 37.8. The lowest BCUT2D eigenvalue weighted by Crippen LogP contribution is -2.07. The van der Waals surface area contributed by atoms with E-state index in [4.69, 9.17) is 0 Å². The Labute approximate surface area is 119 Å². The molecule has 106 valence electrons. The second-order valence-electron chi connectivity index (χ2n) is 4.65. The summed E-state index contributed by atoms with van der Waals surface area (Å²) in [6.07, 6.45) is -4.39. The predicted molar refractivity (Wildman–Crippen MR) is 73.3 cm³/mol. The first kappa shape index (κ1) is 14.8. The summed E-state index contributed by atoms with van der Waals surface area (Å²) >= 11 is 1.38. The molecule has 0 fully saturated rings. The molecule has 0 saturated carbocycles. The van der Waals surface area contributed by atoms with E-state index in [-0.39, 0.29) is 12.2 Å². The average Bonchev–Trinajstić information content (AvgIpc) is 2.69. The normalized spacial score (nSPS) is 11.7. The van der Waals surface area contributed by atoms with Crippen LogP contribution in [0.15, 0.2) is 30.3 Å². The van der Waals surface area contributed by atoms with Gasteiger partial charge in [0.15, 0.2) is 5.78 Å². The summed E-state index contributed by atoms with van der Waals surface area (Å²) in [6.45, 7) is 3.83.